The number of fused-ring (bicyclic) bond motifs is 2. The molecule has 2 aromatic carbocycles. The van der Waals surface area contributed by atoms with Crippen molar-refractivity contribution in [3.8, 4) is 17.3 Å². The van der Waals surface area contributed by atoms with Crippen molar-refractivity contribution in [3.63, 3.8) is 0 Å². The molecule has 0 saturated heterocycles. The summed E-state index contributed by atoms with van der Waals surface area (Å²) in [5.41, 5.74) is 3.65. The number of nitrogens with zero attached hydrogens (tertiary/aromatic N) is 3. The van der Waals surface area contributed by atoms with E-state index in [1.165, 1.54) is 0 Å². The summed E-state index contributed by atoms with van der Waals surface area (Å²) in [5, 5.41) is 9.33. The fraction of sp³-hybridized carbons (Fsp3) is 0.259. The zero-order valence-electron chi connectivity index (χ0n) is 19.2. The molecule has 5 rings (SSSR count). The average Bonchev–Trinajstić information content (AvgIpc) is 3.41. The number of rotatable bonds is 7. The van der Waals surface area contributed by atoms with Gasteiger partial charge in [-0.3, -0.25) is 0 Å². The summed E-state index contributed by atoms with van der Waals surface area (Å²) in [5.74, 6) is 1.25. The summed E-state index contributed by atoms with van der Waals surface area (Å²) in [6.07, 6.45) is 1.61. The third-order valence-electron chi connectivity index (χ3n) is 5.44. The van der Waals surface area contributed by atoms with Gasteiger partial charge in [-0.15, -0.1) is 5.10 Å². The van der Waals surface area contributed by atoms with Gasteiger partial charge in [-0.25, -0.2) is 9.50 Å². The Morgan fingerprint density at radius 1 is 1.00 bits per heavy atom. The van der Waals surface area contributed by atoms with Gasteiger partial charge in [0.05, 0.1) is 6.20 Å². The molecule has 0 fully saturated rings. The van der Waals surface area contributed by atoms with Crippen LogP contribution in [0.1, 0.15) is 32.4 Å². The van der Waals surface area contributed by atoms with E-state index in [9.17, 15) is 0 Å². The monoisotopic (exact) mass is 440 g/mol. The van der Waals surface area contributed by atoms with Crippen LogP contribution >= 0.6 is 0 Å². The van der Waals surface area contributed by atoms with Crippen molar-refractivity contribution in [1.82, 2.24) is 19.9 Å². The molecule has 1 N–H and O–H groups in total. The number of ether oxygens (including phenoxy) is 1. The third kappa shape index (κ3) is 4.76. The first-order valence-electron chi connectivity index (χ1n) is 11.2. The van der Waals surface area contributed by atoms with Crippen LogP contribution in [0.15, 0.2) is 83.4 Å². The minimum atomic E-state index is -0.170. The molecule has 0 saturated carbocycles. The predicted octanol–water partition coefficient (Wildman–Crippen LogP) is 5.90. The normalized spacial score (nSPS) is 12.9. The molecule has 0 aliphatic rings. The first-order chi connectivity index (χ1) is 16.0. The zero-order valence-corrected chi connectivity index (χ0v) is 19.2. The molecule has 6 nitrogen and oxygen atoms in total. The van der Waals surface area contributed by atoms with Crippen LogP contribution in [0.5, 0.6) is 5.88 Å². The Hall–Kier alpha value is -3.64. The molecule has 33 heavy (non-hydrogen) atoms. The number of furan rings is 1. The highest BCUT2D eigenvalue weighted by molar-refractivity contribution is 5.82. The molecule has 0 spiro atoms. The van der Waals surface area contributed by atoms with Gasteiger partial charge in [0.2, 0.25) is 5.88 Å². The topological polar surface area (TPSA) is 64.6 Å². The van der Waals surface area contributed by atoms with Gasteiger partial charge in [0.15, 0.2) is 11.4 Å². The summed E-state index contributed by atoms with van der Waals surface area (Å²) in [6, 6.07) is 24.0. The minimum Gasteiger partial charge on any atom is -0.467 e. The van der Waals surface area contributed by atoms with Crippen molar-refractivity contribution in [1.29, 1.82) is 0 Å². The van der Waals surface area contributed by atoms with Crippen molar-refractivity contribution < 1.29 is 9.15 Å². The second-order valence-corrected chi connectivity index (χ2v) is 9.44. The maximum atomic E-state index is 6.39. The third-order valence-corrected chi connectivity index (χ3v) is 5.44. The first-order valence-corrected chi connectivity index (χ1v) is 11.2. The Labute approximate surface area is 193 Å². The molecule has 0 bridgehead atoms. The molecule has 3 heterocycles. The van der Waals surface area contributed by atoms with Crippen molar-refractivity contribution in [2.75, 3.05) is 13.1 Å². The number of hydrogen-bond donors (Lipinski definition) is 1. The summed E-state index contributed by atoms with van der Waals surface area (Å²) in [6.45, 7) is 8.22. The molecule has 0 amide bonds. The largest absolute Gasteiger partial charge is 0.467 e. The quantitative estimate of drug-likeness (QED) is 0.341. The predicted molar refractivity (Wildman–Crippen MR) is 130 cm³/mol. The highest BCUT2D eigenvalue weighted by Crippen LogP contribution is 2.29. The SMILES string of the molecule is CC(C)(C)CNCC(Oc1ccc2ncc(-c3cc4ccccc4o3)n2n1)c1ccccc1. The molecule has 3 aromatic heterocycles. The van der Waals surface area contributed by atoms with Crippen LogP contribution in [0.3, 0.4) is 0 Å². The lowest BCUT2D eigenvalue weighted by atomic mass is 9.97. The molecule has 0 radical (unpaired) electrons. The fourth-order valence-electron chi connectivity index (χ4n) is 3.81. The van der Waals surface area contributed by atoms with E-state index in [-0.39, 0.29) is 11.5 Å². The molecule has 1 atom stereocenters. The van der Waals surface area contributed by atoms with Crippen LogP contribution in [-0.2, 0) is 0 Å². The average molecular weight is 441 g/mol. The van der Waals surface area contributed by atoms with Gasteiger partial charge in [-0.1, -0.05) is 69.3 Å². The summed E-state index contributed by atoms with van der Waals surface area (Å²) in [7, 11) is 0. The van der Waals surface area contributed by atoms with Crippen molar-refractivity contribution in [2.24, 2.45) is 5.41 Å². The van der Waals surface area contributed by atoms with Crippen molar-refractivity contribution in [3.05, 3.63) is 84.6 Å². The molecule has 1 unspecified atom stereocenters. The molecule has 0 aliphatic heterocycles. The summed E-state index contributed by atoms with van der Waals surface area (Å²) in [4.78, 5) is 4.49. The van der Waals surface area contributed by atoms with Crippen LogP contribution in [-0.4, -0.2) is 27.7 Å². The van der Waals surface area contributed by atoms with E-state index < -0.39 is 0 Å². The van der Waals surface area contributed by atoms with E-state index in [0.717, 1.165) is 40.2 Å². The van der Waals surface area contributed by atoms with Crippen LogP contribution < -0.4 is 10.1 Å². The van der Waals surface area contributed by atoms with Crippen LogP contribution in [0.2, 0.25) is 0 Å². The van der Waals surface area contributed by atoms with E-state index in [1.807, 2.05) is 60.7 Å². The van der Waals surface area contributed by atoms with Crippen LogP contribution in [0.25, 0.3) is 28.1 Å². The number of para-hydroxylation sites is 1. The zero-order chi connectivity index (χ0) is 22.8. The van der Waals surface area contributed by atoms with Gasteiger partial charge in [0, 0.05) is 24.5 Å². The second-order valence-electron chi connectivity index (χ2n) is 9.44. The van der Waals surface area contributed by atoms with Crippen LogP contribution in [0, 0.1) is 5.41 Å². The molecule has 6 heteroatoms. The maximum absolute atomic E-state index is 6.39. The Kier molecular flexibility index (Phi) is 5.60. The standard InChI is InChI=1S/C27H28N4O2/c1-27(2,3)18-28-17-24(19-9-5-4-6-10-19)33-26-14-13-25-29-16-21(31(25)30-26)23-15-20-11-7-8-12-22(20)32-23/h4-16,24,28H,17-18H2,1-3H3. The Morgan fingerprint density at radius 2 is 1.79 bits per heavy atom. The molecule has 5 aromatic rings. The van der Waals surface area contributed by atoms with E-state index in [4.69, 9.17) is 14.3 Å². The number of nitrogens with one attached hydrogen (secondary N) is 1. The van der Waals surface area contributed by atoms with Gasteiger partial charge in [0.1, 0.15) is 17.4 Å². The Balaban J connectivity index is 1.44. The van der Waals surface area contributed by atoms with Gasteiger partial charge in [0.25, 0.3) is 0 Å². The van der Waals surface area contributed by atoms with Crippen molar-refractivity contribution >= 4 is 16.6 Å². The van der Waals surface area contributed by atoms with E-state index in [0.29, 0.717) is 12.4 Å². The summed E-state index contributed by atoms with van der Waals surface area (Å²) >= 11 is 0. The molecule has 0 aliphatic carbocycles. The second kappa shape index (κ2) is 8.71. The highest BCUT2D eigenvalue weighted by Gasteiger charge is 2.18. The van der Waals surface area contributed by atoms with E-state index in [2.05, 4.69) is 43.2 Å². The highest BCUT2D eigenvalue weighted by atomic mass is 16.5. The van der Waals surface area contributed by atoms with Crippen LogP contribution in [0.4, 0.5) is 0 Å². The van der Waals surface area contributed by atoms with Gasteiger partial charge >= 0.3 is 0 Å². The van der Waals surface area contributed by atoms with E-state index in [1.54, 1.807) is 10.7 Å². The van der Waals surface area contributed by atoms with Crippen molar-refractivity contribution in [2.45, 2.75) is 26.9 Å². The molecule has 168 valence electrons. The Bertz CT molecular complexity index is 1330. The lowest BCUT2D eigenvalue weighted by Gasteiger charge is -2.23. The number of aromatic nitrogens is 3. The number of benzene rings is 2. The summed E-state index contributed by atoms with van der Waals surface area (Å²) < 4.78 is 14.2. The number of imidazole rings is 1. The lowest BCUT2D eigenvalue weighted by molar-refractivity contribution is 0.185. The number of hydrogen-bond acceptors (Lipinski definition) is 5. The van der Waals surface area contributed by atoms with E-state index >= 15 is 0 Å². The fourth-order valence-corrected chi connectivity index (χ4v) is 3.81. The molecular formula is C27H28N4O2. The maximum Gasteiger partial charge on any atom is 0.232 e. The first kappa shape index (κ1) is 21.2. The minimum absolute atomic E-state index is 0.170. The Morgan fingerprint density at radius 3 is 2.58 bits per heavy atom. The van der Waals surface area contributed by atoms with Gasteiger partial charge in [-0.05, 0) is 29.2 Å². The van der Waals surface area contributed by atoms with Gasteiger partial charge in [-0.2, -0.15) is 0 Å². The molecular weight excluding hydrogens is 412 g/mol. The van der Waals surface area contributed by atoms with Gasteiger partial charge < -0.3 is 14.5 Å². The smallest absolute Gasteiger partial charge is 0.232 e. The lowest BCUT2D eigenvalue weighted by Crippen LogP contribution is -2.32.